The van der Waals surface area contributed by atoms with Gasteiger partial charge in [-0.2, -0.15) is 0 Å². The van der Waals surface area contributed by atoms with E-state index in [0.29, 0.717) is 11.8 Å². The molecule has 0 aliphatic heterocycles. The van der Waals surface area contributed by atoms with Gasteiger partial charge in [0.2, 0.25) is 0 Å². The highest BCUT2D eigenvalue weighted by Gasteiger charge is 2.14. The maximum Gasteiger partial charge on any atom is 0.0459 e. The van der Waals surface area contributed by atoms with Gasteiger partial charge in [-0.05, 0) is 29.9 Å². The van der Waals surface area contributed by atoms with Gasteiger partial charge in [0.15, 0.2) is 0 Å². The molecule has 0 saturated heterocycles. The van der Waals surface area contributed by atoms with Gasteiger partial charge in [0.25, 0.3) is 0 Å². The van der Waals surface area contributed by atoms with Gasteiger partial charge in [0.1, 0.15) is 0 Å². The molecule has 86 valence electrons. The maximum atomic E-state index is 3.58. The van der Waals surface area contributed by atoms with Crippen LogP contribution in [-0.4, -0.2) is 4.98 Å². The summed E-state index contributed by atoms with van der Waals surface area (Å²) in [5.74, 6) is 1.29. The van der Waals surface area contributed by atoms with Gasteiger partial charge in [0.05, 0.1) is 0 Å². The first kappa shape index (κ1) is 11.3. The van der Waals surface area contributed by atoms with Gasteiger partial charge in [-0.1, -0.05) is 45.9 Å². The van der Waals surface area contributed by atoms with Crippen LogP contribution in [0.2, 0.25) is 0 Å². The van der Waals surface area contributed by atoms with Crippen LogP contribution in [0.25, 0.3) is 10.9 Å². The zero-order valence-corrected chi connectivity index (χ0v) is 10.7. The summed E-state index contributed by atoms with van der Waals surface area (Å²) in [4.78, 5) is 3.58. The van der Waals surface area contributed by atoms with E-state index in [9.17, 15) is 0 Å². The summed E-state index contributed by atoms with van der Waals surface area (Å²) in [6.45, 7) is 9.10. The van der Waals surface area contributed by atoms with Gasteiger partial charge in [-0.25, -0.2) is 0 Å². The molecule has 1 N–H and O–H groups in total. The van der Waals surface area contributed by atoms with Crippen molar-refractivity contribution in [2.24, 2.45) is 5.92 Å². The normalized spacial score (nSPS) is 11.9. The number of aromatic nitrogens is 1. The van der Waals surface area contributed by atoms with Crippen LogP contribution in [-0.2, 0) is 6.42 Å². The van der Waals surface area contributed by atoms with E-state index in [0.717, 1.165) is 6.42 Å². The summed E-state index contributed by atoms with van der Waals surface area (Å²) in [5.41, 5.74) is 4.21. The van der Waals surface area contributed by atoms with Crippen molar-refractivity contribution in [1.29, 1.82) is 0 Å². The number of hydrogen-bond donors (Lipinski definition) is 1. The molecule has 0 saturated carbocycles. The highest BCUT2D eigenvalue weighted by Crippen LogP contribution is 2.30. The van der Waals surface area contributed by atoms with E-state index in [1.165, 1.54) is 22.2 Å². The van der Waals surface area contributed by atoms with Gasteiger partial charge >= 0.3 is 0 Å². The highest BCUT2D eigenvalue weighted by molar-refractivity contribution is 5.85. The van der Waals surface area contributed by atoms with E-state index in [1.54, 1.807) is 0 Å². The quantitative estimate of drug-likeness (QED) is 0.776. The first-order valence-corrected chi connectivity index (χ1v) is 6.19. The molecule has 1 heteroatoms. The number of benzene rings is 1. The molecule has 1 aromatic heterocycles. The van der Waals surface area contributed by atoms with Gasteiger partial charge in [-0.3, -0.25) is 0 Å². The summed E-state index contributed by atoms with van der Waals surface area (Å²) in [5, 5.41) is 1.40. The molecule has 0 amide bonds. The second-order valence-electron chi connectivity index (χ2n) is 5.32. The lowest BCUT2D eigenvalue weighted by molar-refractivity contribution is 0.630. The molecule has 0 atom stereocenters. The minimum absolute atomic E-state index is 0.588. The van der Waals surface area contributed by atoms with Crippen LogP contribution in [0.15, 0.2) is 24.3 Å². The Kier molecular flexibility index (Phi) is 3.04. The third-order valence-electron chi connectivity index (χ3n) is 3.02. The van der Waals surface area contributed by atoms with E-state index < -0.39 is 0 Å². The van der Waals surface area contributed by atoms with E-state index >= 15 is 0 Å². The highest BCUT2D eigenvalue weighted by atomic mass is 14.7. The third kappa shape index (κ3) is 1.99. The standard InChI is InChI=1S/C15H21N/c1-10(2)9-14-15(11(3)4)12-7-5-6-8-13(12)16-14/h5-8,10-11,16H,9H2,1-4H3. The molecule has 0 aliphatic rings. The molecule has 0 fully saturated rings. The first-order chi connectivity index (χ1) is 7.59. The van der Waals surface area contributed by atoms with Crippen molar-refractivity contribution in [3.8, 4) is 0 Å². The summed E-state index contributed by atoms with van der Waals surface area (Å²) < 4.78 is 0. The molecule has 1 heterocycles. The van der Waals surface area contributed by atoms with E-state index in [2.05, 4.69) is 56.9 Å². The molecule has 0 radical (unpaired) electrons. The zero-order chi connectivity index (χ0) is 11.7. The van der Waals surface area contributed by atoms with E-state index in [1.807, 2.05) is 0 Å². The molecule has 1 aromatic carbocycles. The van der Waals surface area contributed by atoms with Crippen LogP contribution in [0.5, 0.6) is 0 Å². The van der Waals surface area contributed by atoms with Crippen molar-refractivity contribution in [2.45, 2.75) is 40.0 Å². The number of aromatic amines is 1. The van der Waals surface area contributed by atoms with Crippen LogP contribution in [0, 0.1) is 5.92 Å². The number of H-pyrrole nitrogens is 1. The van der Waals surface area contributed by atoms with Crippen molar-refractivity contribution in [1.82, 2.24) is 4.98 Å². The van der Waals surface area contributed by atoms with Crippen LogP contribution in [0.1, 0.15) is 44.9 Å². The van der Waals surface area contributed by atoms with Crippen molar-refractivity contribution in [3.05, 3.63) is 35.5 Å². The third-order valence-corrected chi connectivity index (χ3v) is 3.02. The Morgan fingerprint density at radius 3 is 2.38 bits per heavy atom. The second kappa shape index (κ2) is 4.32. The topological polar surface area (TPSA) is 15.8 Å². The van der Waals surface area contributed by atoms with Crippen LogP contribution >= 0.6 is 0 Å². The second-order valence-corrected chi connectivity index (χ2v) is 5.32. The van der Waals surface area contributed by atoms with Crippen LogP contribution in [0.3, 0.4) is 0 Å². The predicted molar refractivity (Wildman–Crippen MR) is 70.9 cm³/mol. The van der Waals surface area contributed by atoms with Gasteiger partial charge in [-0.15, -0.1) is 0 Å². The lowest BCUT2D eigenvalue weighted by Gasteiger charge is -2.10. The Labute approximate surface area is 97.9 Å². The summed E-state index contributed by atoms with van der Waals surface area (Å²) in [6.07, 6.45) is 1.14. The largest absolute Gasteiger partial charge is 0.358 e. The fourth-order valence-corrected chi connectivity index (χ4v) is 2.45. The summed E-state index contributed by atoms with van der Waals surface area (Å²) in [6, 6.07) is 8.62. The monoisotopic (exact) mass is 215 g/mol. The molecule has 0 unspecified atom stereocenters. The average molecular weight is 215 g/mol. The van der Waals surface area contributed by atoms with Crippen molar-refractivity contribution < 1.29 is 0 Å². The Hall–Kier alpha value is -1.24. The molecule has 2 aromatic rings. The number of para-hydroxylation sites is 1. The van der Waals surface area contributed by atoms with Gasteiger partial charge < -0.3 is 4.98 Å². The minimum Gasteiger partial charge on any atom is -0.358 e. The van der Waals surface area contributed by atoms with Crippen molar-refractivity contribution >= 4 is 10.9 Å². The number of hydrogen-bond acceptors (Lipinski definition) is 0. The van der Waals surface area contributed by atoms with Crippen LogP contribution in [0.4, 0.5) is 0 Å². The summed E-state index contributed by atoms with van der Waals surface area (Å²) >= 11 is 0. The molecular weight excluding hydrogens is 194 g/mol. The smallest absolute Gasteiger partial charge is 0.0459 e. The Morgan fingerprint density at radius 2 is 1.75 bits per heavy atom. The lowest BCUT2D eigenvalue weighted by Crippen LogP contribution is -1.99. The fourth-order valence-electron chi connectivity index (χ4n) is 2.45. The number of rotatable bonds is 3. The average Bonchev–Trinajstić information content (AvgIpc) is 2.53. The molecule has 0 bridgehead atoms. The minimum atomic E-state index is 0.588. The fraction of sp³-hybridized carbons (Fsp3) is 0.467. The molecule has 1 nitrogen and oxygen atoms in total. The van der Waals surface area contributed by atoms with Crippen molar-refractivity contribution in [3.63, 3.8) is 0 Å². The molecular formula is C15H21N. The van der Waals surface area contributed by atoms with Crippen molar-refractivity contribution in [2.75, 3.05) is 0 Å². The molecule has 16 heavy (non-hydrogen) atoms. The van der Waals surface area contributed by atoms with E-state index in [-0.39, 0.29) is 0 Å². The number of fused-ring (bicyclic) bond motifs is 1. The first-order valence-electron chi connectivity index (χ1n) is 6.19. The Bertz CT molecular complexity index is 477. The Balaban J connectivity index is 2.58. The molecule has 0 aliphatic carbocycles. The summed E-state index contributed by atoms with van der Waals surface area (Å²) in [7, 11) is 0. The predicted octanol–water partition coefficient (Wildman–Crippen LogP) is 4.49. The lowest BCUT2D eigenvalue weighted by atomic mass is 9.95. The molecule has 2 rings (SSSR count). The van der Waals surface area contributed by atoms with Gasteiger partial charge in [0, 0.05) is 16.6 Å². The Morgan fingerprint density at radius 1 is 1.06 bits per heavy atom. The van der Waals surface area contributed by atoms with E-state index in [4.69, 9.17) is 0 Å². The maximum absolute atomic E-state index is 3.58. The molecule has 0 spiro atoms. The zero-order valence-electron chi connectivity index (χ0n) is 10.7. The SMILES string of the molecule is CC(C)Cc1[nH]c2ccccc2c1C(C)C. The number of nitrogens with one attached hydrogen (secondary N) is 1. The van der Waals surface area contributed by atoms with Crippen LogP contribution < -0.4 is 0 Å².